The minimum Gasteiger partial charge on any atom is -0.361 e. The number of nitrogens with one attached hydrogen (secondary N) is 3. The number of carbonyl (C=O) groups is 2. The second-order valence-corrected chi connectivity index (χ2v) is 6.97. The molecule has 3 aromatic rings. The molecule has 0 spiro atoms. The minimum atomic E-state index is -0.194. The largest absolute Gasteiger partial charge is 0.361 e. The zero-order valence-corrected chi connectivity index (χ0v) is 15.7. The molecule has 0 aliphatic rings. The number of hydrogen-bond donors (Lipinski definition) is 3. The molecule has 6 nitrogen and oxygen atoms in total. The molecular formula is C19H22N4O2S. The molecule has 0 saturated carbocycles. The van der Waals surface area contributed by atoms with Crippen molar-refractivity contribution in [3.63, 3.8) is 0 Å². The number of aromatic nitrogens is 2. The first-order valence-corrected chi connectivity index (χ1v) is 9.54. The van der Waals surface area contributed by atoms with Crippen molar-refractivity contribution in [1.29, 1.82) is 0 Å². The zero-order chi connectivity index (χ0) is 18.5. The molecule has 3 rings (SSSR count). The lowest BCUT2D eigenvalue weighted by Crippen LogP contribution is -2.27. The van der Waals surface area contributed by atoms with Crippen LogP contribution in [0, 0.1) is 0 Å². The number of amides is 2. The summed E-state index contributed by atoms with van der Waals surface area (Å²) in [6, 6.07) is 7.91. The van der Waals surface area contributed by atoms with E-state index in [0.29, 0.717) is 18.7 Å². The van der Waals surface area contributed by atoms with Gasteiger partial charge in [0.1, 0.15) is 10.7 Å². The first-order valence-electron chi connectivity index (χ1n) is 8.66. The molecule has 1 unspecified atom stereocenters. The van der Waals surface area contributed by atoms with Crippen molar-refractivity contribution in [3.8, 4) is 0 Å². The molecule has 0 saturated heterocycles. The molecule has 2 heterocycles. The van der Waals surface area contributed by atoms with Crippen molar-refractivity contribution >= 4 is 34.1 Å². The van der Waals surface area contributed by atoms with Gasteiger partial charge in [0.15, 0.2) is 0 Å². The highest BCUT2D eigenvalue weighted by Crippen LogP contribution is 2.19. The zero-order valence-electron chi connectivity index (χ0n) is 14.8. The van der Waals surface area contributed by atoms with Gasteiger partial charge in [0.25, 0.3) is 5.91 Å². The molecule has 2 amide bonds. The summed E-state index contributed by atoms with van der Waals surface area (Å²) in [5, 5.41) is 9.40. The molecule has 1 atom stereocenters. The van der Waals surface area contributed by atoms with Gasteiger partial charge in [-0.05, 0) is 25.0 Å². The fourth-order valence-electron chi connectivity index (χ4n) is 2.74. The highest BCUT2D eigenvalue weighted by Gasteiger charge is 2.16. The van der Waals surface area contributed by atoms with Crippen molar-refractivity contribution in [2.75, 3.05) is 6.54 Å². The predicted octanol–water partition coefficient (Wildman–Crippen LogP) is 3.18. The van der Waals surface area contributed by atoms with E-state index in [0.717, 1.165) is 16.9 Å². The summed E-state index contributed by atoms with van der Waals surface area (Å²) >= 11 is 1.38. The topological polar surface area (TPSA) is 86.9 Å². The van der Waals surface area contributed by atoms with Gasteiger partial charge in [-0.15, -0.1) is 11.3 Å². The molecule has 2 aromatic heterocycles. The van der Waals surface area contributed by atoms with Crippen LogP contribution in [0.1, 0.15) is 47.4 Å². The van der Waals surface area contributed by atoms with E-state index in [2.05, 4.69) is 26.7 Å². The van der Waals surface area contributed by atoms with Crippen LogP contribution in [0.25, 0.3) is 10.9 Å². The summed E-state index contributed by atoms with van der Waals surface area (Å²) in [5.74, 6) is -0.223. The van der Waals surface area contributed by atoms with Crippen LogP contribution in [0.3, 0.4) is 0 Å². The third kappa shape index (κ3) is 4.11. The Bertz CT molecular complexity index is 915. The summed E-state index contributed by atoms with van der Waals surface area (Å²) < 4.78 is 0. The number of para-hydroxylation sites is 1. The Hall–Kier alpha value is -2.67. The van der Waals surface area contributed by atoms with Gasteiger partial charge in [-0.2, -0.15) is 0 Å². The van der Waals surface area contributed by atoms with Gasteiger partial charge in [0.2, 0.25) is 5.91 Å². The van der Waals surface area contributed by atoms with E-state index in [-0.39, 0.29) is 17.9 Å². The molecular weight excluding hydrogens is 348 g/mol. The molecule has 1 aromatic carbocycles. The number of carbonyl (C=O) groups excluding carboxylic acids is 2. The minimum absolute atomic E-state index is 0.0302. The highest BCUT2D eigenvalue weighted by atomic mass is 32.1. The maximum absolute atomic E-state index is 12.3. The molecule has 0 aliphatic heterocycles. The molecule has 26 heavy (non-hydrogen) atoms. The van der Waals surface area contributed by atoms with Gasteiger partial charge in [0.05, 0.1) is 6.04 Å². The van der Waals surface area contributed by atoms with Crippen LogP contribution in [0.5, 0.6) is 0 Å². The maximum Gasteiger partial charge on any atom is 0.270 e. The van der Waals surface area contributed by atoms with E-state index in [4.69, 9.17) is 0 Å². The van der Waals surface area contributed by atoms with E-state index in [1.165, 1.54) is 22.3 Å². The summed E-state index contributed by atoms with van der Waals surface area (Å²) in [6.07, 6.45) is 3.16. The third-order valence-corrected chi connectivity index (χ3v) is 5.21. The van der Waals surface area contributed by atoms with Gasteiger partial charge < -0.3 is 15.6 Å². The lowest BCUT2D eigenvalue weighted by atomic mass is 10.1. The van der Waals surface area contributed by atoms with Gasteiger partial charge in [-0.1, -0.05) is 25.1 Å². The number of benzene rings is 1. The van der Waals surface area contributed by atoms with Crippen molar-refractivity contribution in [2.24, 2.45) is 0 Å². The predicted molar refractivity (Wildman–Crippen MR) is 103 cm³/mol. The van der Waals surface area contributed by atoms with Crippen molar-refractivity contribution in [2.45, 2.75) is 32.7 Å². The van der Waals surface area contributed by atoms with E-state index in [1.54, 1.807) is 12.3 Å². The lowest BCUT2D eigenvalue weighted by molar-refractivity contribution is -0.121. The Labute approximate surface area is 156 Å². The lowest BCUT2D eigenvalue weighted by Gasteiger charge is -2.09. The fraction of sp³-hybridized carbons (Fsp3) is 0.316. The molecule has 0 fully saturated rings. The van der Waals surface area contributed by atoms with Crippen LogP contribution in [0.4, 0.5) is 0 Å². The van der Waals surface area contributed by atoms with Gasteiger partial charge in [-0.25, -0.2) is 4.98 Å². The van der Waals surface area contributed by atoms with Gasteiger partial charge in [-0.3, -0.25) is 9.59 Å². The molecule has 0 aliphatic carbocycles. The molecule has 0 bridgehead atoms. The summed E-state index contributed by atoms with van der Waals surface area (Å²) in [4.78, 5) is 31.3. The SMILES string of the molecule is CCC(=O)NC(C)c1nc(C(=O)NCCc2c[nH]c3ccccc23)cs1. The van der Waals surface area contributed by atoms with Gasteiger partial charge >= 0.3 is 0 Å². The first kappa shape index (κ1) is 18.1. The average molecular weight is 370 g/mol. The van der Waals surface area contributed by atoms with Crippen molar-refractivity contribution < 1.29 is 9.59 Å². The number of H-pyrrole nitrogens is 1. The van der Waals surface area contributed by atoms with Crippen LogP contribution in [-0.4, -0.2) is 28.3 Å². The van der Waals surface area contributed by atoms with Gasteiger partial charge in [0, 0.05) is 35.4 Å². The summed E-state index contributed by atoms with van der Waals surface area (Å²) in [6.45, 7) is 4.21. The molecule has 3 N–H and O–H groups in total. The molecule has 0 radical (unpaired) electrons. The van der Waals surface area contributed by atoms with Crippen LogP contribution in [0.15, 0.2) is 35.8 Å². The Kier molecular flexibility index (Phi) is 5.68. The Morgan fingerprint density at radius 3 is 2.92 bits per heavy atom. The normalized spacial score (nSPS) is 12.1. The van der Waals surface area contributed by atoms with E-state index in [1.807, 2.05) is 31.3 Å². The highest BCUT2D eigenvalue weighted by molar-refractivity contribution is 7.09. The second kappa shape index (κ2) is 8.14. The van der Waals surface area contributed by atoms with Crippen LogP contribution in [0.2, 0.25) is 0 Å². The quantitative estimate of drug-likeness (QED) is 0.597. The average Bonchev–Trinajstić information content (AvgIpc) is 3.29. The van der Waals surface area contributed by atoms with E-state index >= 15 is 0 Å². The van der Waals surface area contributed by atoms with Crippen molar-refractivity contribution in [3.05, 3.63) is 52.1 Å². The smallest absolute Gasteiger partial charge is 0.270 e. The fourth-order valence-corrected chi connectivity index (χ4v) is 3.54. The molecule has 136 valence electrons. The van der Waals surface area contributed by atoms with E-state index in [9.17, 15) is 9.59 Å². The van der Waals surface area contributed by atoms with E-state index < -0.39 is 0 Å². The Balaban J connectivity index is 1.54. The number of hydrogen-bond acceptors (Lipinski definition) is 4. The second-order valence-electron chi connectivity index (χ2n) is 6.08. The standard InChI is InChI=1S/C19H22N4O2S/c1-3-17(24)22-12(2)19-23-16(11-26-19)18(25)20-9-8-13-10-21-15-7-5-4-6-14(13)15/h4-7,10-12,21H,3,8-9H2,1-2H3,(H,20,25)(H,22,24). The van der Waals surface area contributed by atoms with Crippen LogP contribution < -0.4 is 10.6 Å². The number of nitrogens with zero attached hydrogens (tertiary/aromatic N) is 1. The maximum atomic E-state index is 12.3. The summed E-state index contributed by atoms with van der Waals surface area (Å²) in [5.41, 5.74) is 2.67. The monoisotopic (exact) mass is 370 g/mol. The number of fused-ring (bicyclic) bond motifs is 1. The Morgan fingerprint density at radius 2 is 2.12 bits per heavy atom. The van der Waals surface area contributed by atoms with Crippen molar-refractivity contribution in [1.82, 2.24) is 20.6 Å². The summed E-state index contributed by atoms with van der Waals surface area (Å²) in [7, 11) is 0. The molecule has 7 heteroatoms. The first-order chi connectivity index (χ1) is 12.6. The third-order valence-electron chi connectivity index (χ3n) is 4.18. The number of thiazole rings is 1. The number of aromatic amines is 1. The Morgan fingerprint density at radius 1 is 1.31 bits per heavy atom. The number of rotatable bonds is 7. The van der Waals surface area contributed by atoms with Crippen LogP contribution in [-0.2, 0) is 11.2 Å². The van der Waals surface area contributed by atoms with Crippen LogP contribution >= 0.6 is 11.3 Å².